The smallest absolute Gasteiger partial charge is 0.303 e. The lowest BCUT2D eigenvalue weighted by molar-refractivity contribution is -0.139. The van der Waals surface area contributed by atoms with Gasteiger partial charge >= 0.3 is 5.97 Å². The van der Waals surface area contributed by atoms with Crippen molar-refractivity contribution in [2.45, 2.75) is 38.5 Å². The zero-order chi connectivity index (χ0) is 14.0. The molecule has 0 atom stereocenters. The number of nitrogens with zero attached hydrogens (tertiary/aromatic N) is 2. The van der Waals surface area contributed by atoms with E-state index in [1.165, 1.54) is 0 Å². The second kappa shape index (κ2) is 5.11. The molecule has 0 bridgehead atoms. The van der Waals surface area contributed by atoms with Crippen molar-refractivity contribution in [2.24, 2.45) is 5.41 Å². The maximum atomic E-state index is 11.1. The van der Waals surface area contributed by atoms with Gasteiger partial charge in [0.2, 0.25) is 11.7 Å². The largest absolute Gasteiger partial charge is 0.481 e. The molecule has 0 amide bonds. The van der Waals surface area contributed by atoms with Gasteiger partial charge in [-0.15, -0.1) is 0 Å². The zero-order valence-corrected chi connectivity index (χ0v) is 11.0. The van der Waals surface area contributed by atoms with Gasteiger partial charge in [0.15, 0.2) is 0 Å². The van der Waals surface area contributed by atoms with Crippen molar-refractivity contribution in [2.75, 3.05) is 0 Å². The molecule has 2 heterocycles. The summed E-state index contributed by atoms with van der Waals surface area (Å²) in [5.74, 6) is 0.225. The minimum atomic E-state index is -0.763. The monoisotopic (exact) mass is 276 g/mol. The van der Waals surface area contributed by atoms with Gasteiger partial charge in [-0.05, 0) is 24.3 Å². The third-order valence-corrected chi connectivity index (χ3v) is 3.96. The average molecular weight is 276 g/mol. The molecule has 0 aromatic carbocycles. The standard InChI is InChI=1S/C14H16N2O4/c17-12(18)8-14(4-1-2-5-14)7-11-15-13(16-20-11)10-3-6-19-9-10/h3,6,9H,1-2,4-5,7-8H2,(H,17,18). The van der Waals surface area contributed by atoms with E-state index in [2.05, 4.69) is 10.1 Å². The van der Waals surface area contributed by atoms with Gasteiger partial charge in [0, 0.05) is 6.42 Å². The second-order valence-corrected chi connectivity index (χ2v) is 5.48. The predicted molar refractivity (Wildman–Crippen MR) is 68.9 cm³/mol. The third kappa shape index (κ3) is 2.59. The predicted octanol–water partition coefficient (Wildman–Crippen LogP) is 2.91. The topological polar surface area (TPSA) is 89.4 Å². The van der Waals surface area contributed by atoms with Crippen LogP contribution in [0.15, 0.2) is 27.5 Å². The van der Waals surface area contributed by atoms with Crippen molar-refractivity contribution in [3.63, 3.8) is 0 Å². The molecule has 106 valence electrons. The van der Waals surface area contributed by atoms with Crippen molar-refractivity contribution in [1.29, 1.82) is 0 Å². The van der Waals surface area contributed by atoms with Crippen molar-refractivity contribution in [1.82, 2.24) is 10.1 Å². The van der Waals surface area contributed by atoms with Crippen LogP contribution in [-0.2, 0) is 11.2 Å². The lowest BCUT2D eigenvalue weighted by Gasteiger charge is -2.24. The first-order valence-corrected chi connectivity index (χ1v) is 6.74. The van der Waals surface area contributed by atoms with E-state index in [0.717, 1.165) is 31.2 Å². The van der Waals surface area contributed by atoms with Crippen molar-refractivity contribution < 1.29 is 18.8 Å². The number of carboxylic acid groups (broad SMARTS) is 1. The summed E-state index contributed by atoms with van der Waals surface area (Å²) >= 11 is 0. The Kier molecular flexibility index (Phi) is 3.30. The van der Waals surface area contributed by atoms with E-state index in [-0.39, 0.29) is 11.8 Å². The fourth-order valence-electron chi connectivity index (χ4n) is 3.02. The molecular weight excluding hydrogens is 260 g/mol. The molecule has 0 radical (unpaired) electrons. The number of furan rings is 1. The van der Waals surface area contributed by atoms with E-state index < -0.39 is 5.97 Å². The van der Waals surface area contributed by atoms with Gasteiger partial charge in [-0.25, -0.2) is 0 Å². The first-order chi connectivity index (χ1) is 9.67. The van der Waals surface area contributed by atoms with Crippen LogP contribution in [0.4, 0.5) is 0 Å². The molecule has 0 spiro atoms. The zero-order valence-electron chi connectivity index (χ0n) is 11.0. The molecule has 6 nitrogen and oxygen atoms in total. The molecule has 1 saturated carbocycles. The Morgan fingerprint density at radius 1 is 1.40 bits per heavy atom. The lowest BCUT2D eigenvalue weighted by atomic mass is 9.79. The summed E-state index contributed by atoms with van der Waals surface area (Å²) in [6.45, 7) is 0. The van der Waals surface area contributed by atoms with Crippen molar-refractivity contribution in [3.8, 4) is 11.4 Å². The highest BCUT2D eigenvalue weighted by atomic mass is 16.5. The van der Waals surface area contributed by atoms with Gasteiger partial charge in [-0.1, -0.05) is 18.0 Å². The summed E-state index contributed by atoms with van der Waals surface area (Å²) in [6.07, 6.45) is 7.74. The van der Waals surface area contributed by atoms with Gasteiger partial charge in [-0.2, -0.15) is 4.98 Å². The molecule has 0 aliphatic heterocycles. The Hall–Kier alpha value is -2.11. The van der Waals surface area contributed by atoms with Crippen LogP contribution < -0.4 is 0 Å². The van der Waals surface area contributed by atoms with Crippen molar-refractivity contribution >= 4 is 5.97 Å². The maximum Gasteiger partial charge on any atom is 0.303 e. The van der Waals surface area contributed by atoms with Crippen LogP contribution in [0.3, 0.4) is 0 Å². The number of aliphatic carboxylic acids is 1. The number of carbonyl (C=O) groups is 1. The summed E-state index contributed by atoms with van der Waals surface area (Å²) in [5.41, 5.74) is 0.533. The fourth-order valence-corrected chi connectivity index (χ4v) is 3.02. The second-order valence-electron chi connectivity index (χ2n) is 5.48. The number of aromatic nitrogens is 2. The van der Waals surface area contributed by atoms with E-state index in [1.807, 2.05) is 0 Å². The molecule has 3 rings (SSSR count). The minimum absolute atomic E-state index is 0.163. The molecule has 1 aliphatic rings. The van der Waals surface area contributed by atoms with Crippen LogP contribution in [0.2, 0.25) is 0 Å². The number of hydrogen-bond donors (Lipinski definition) is 1. The minimum Gasteiger partial charge on any atom is -0.481 e. The van der Waals surface area contributed by atoms with Gasteiger partial charge in [0.1, 0.15) is 6.26 Å². The molecule has 1 N–H and O–H groups in total. The number of rotatable bonds is 5. The van der Waals surface area contributed by atoms with E-state index >= 15 is 0 Å². The van der Waals surface area contributed by atoms with E-state index in [9.17, 15) is 4.79 Å². The summed E-state index contributed by atoms with van der Waals surface area (Å²) in [6, 6.07) is 1.76. The molecule has 1 aliphatic carbocycles. The van der Waals surface area contributed by atoms with Gasteiger partial charge in [-0.3, -0.25) is 4.79 Å². The molecule has 1 fully saturated rings. The molecule has 2 aromatic heterocycles. The molecule has 2 aromatic rings. The Labute approximate surface area is 115 Å². The first kappa shape index (κ1) is 12.9. The molecule has 0 saturated heterocycles. The molecule has 0 unspecified atom stereocenters. The highest BCUT2D eigenvalue weighted by Crippen LogP contribution is 2.43. The van der Waals surface area contributed by atoms with Crippen LogP contribution in [-0.4, -0.2) is 21.2 Å². The number of carboxylic acids is 1. The normalized spacial score (nSPS) is 17.4. The van der Waals surface area contributed by atoms with Crippen LogP contribution >= 0.6 is 0 Å². The van der Waals surface area contributed by atoms with Crippen LogP contribution in [0.25, 0.3) is 11.4 Å². The van der Waals surface area contributed by atoms with Crippen LogP contribution in [0, 0.1) is 5.41 Å². The fraction of sp³-hybridized carbons (Fsp3) is 0.500. The molecule has 6 heteroatoms. The third-order valence-electron chi connectivity index (χ3n) is 3.96. The highest BCUT2D eigenvalue weighted by Gasteiger charge is 2.37. The van der Waals surface area contributed by atoms with Crippen molar-refractivity contribution in [3.05, 3.63) is 24.5 Å². The molecule has 20 heavy (non-hydrogen) atoms. The quantitative estimate of drug-likeness (QED) is 0.903. The SMILES string of the molecule is O=C(O)CC1(Cc2nc(-c3ccoc3)no2)CCCC1. The maximum absolute atomic E-state index is 11.1. The number of hydrogen-bond acceptors (Lipinski definition) is 5. The lowest BCUT2D eigenvalue weighted by Crippen LogP contribution is -2.23. The average Bonchev–Trinajstić information content (AvgIpc) is 3.08. The van der Waals surface area contributed by atoms with E-state index in [1.54, 1.807) is 18.6 Å². The Morgan fingerprint density at radius 2 is 2.20 bits per heavy atom. The van der Waals surface area contributed by atoms with Gasteiger partial charge < -0.3 is 14.0 Å². The summed E-state index contributed by atoms with van der Waals surface area (Å²) in [5, 5.41) is 13.0. The van der Waals surface area contributed by atoms with E-state index in [0.29, 0.717) is 18.1 Å². The highest BCUT2D eigenvalue weighted by molar-refractivity contribution is 5.67. The Morgan fingerprint density at radius 3 is 2.85 bits per heavy atom. The summed E-state index contributed by atoms with van der Waals surface area (Å²) < 4.78 is 10.2. The summed E-state index contributed by atoms with van der Waals surface area (Å²) in [4.78, 5) is 15.4. The van der Waals surface area contributed by atoms with Gasteiger partial charge in [0.25, 0.3) is 0 Å². The first-order valence-electron chi connectivity index (χ1n) is 6.74. The van der Waals surface area contributed by atoms with E-state index in [4.69, 9.17) is 14.0 Å². The Bertz CT molecular complexity index is 582. The van der Waals surface area contributed by atoms with Crippen LogP contribution in [0.1, 0.15) is 38.0 Å². The Balaban J connectivity index is 1.77. The molecular formula is C14H16N2O4. The summed E-state index contributed by atoms with van der Waals surface area (Å²) in [7, 11) is 0. The van der Waals surface area contributed by atoms with Crippen LogP contribution in [0.5, 0.6) is 0 Å². The van der Waals surface area contributed by atoms with Gasteiger partial charge in [0.05, 0.1) is 18.2 Å².